The fourth-order valence-electron chi connectivity index (χ4n) is 1.45. The maximum atomic E-state index is 11.2. The summed E-state index contributed by atoms with van der Waals surface area (Å²) in [6.07, 6.45) is 0.285. The normalized spacial score (nSPS) is 11.0. The zero-order chi connectivity index (χ0) is 12.7. The van der Waals surface area contributed by atoms with E-state index < -0.39 is 0 Å². The van der Waals surface area contributed by atoms with Gasteiger partial charge in [0.1, 0.15) is 6.42 Å². The number of amides is 1. The van der Waals surface area contributed by atoms with Gasteiger partial charge in [-0.15, -0.1) is 0 Å². The van der Waals surface area contributed by atoms with Crippen molar-refractivity contribution in [3.63, 3.8) is 0 Å². The van der Waals surface area contributed by atoms with Gasteiger partial charge in [-0.3, -0.25) is 4.79 Å². The van der Waals surface area contributed by atoms with E-state index in [-0.39, 0.29) is 18.2 Å². The Morgan fingerprint density at radius 3 is 2.82 bits per heavy atom. The van der Waals surface area contributed by atoms with Crippen molar-refractivity contribution in [2.45, 2.75) is 25.7 Å². The zero-order valence-corrected chi connectivity index (χ0v) is 9.60. The molecule has 0 saturated carbocycles. The smallest absolute Gasteiger partial charge is 0.238 e. The van der Waals surface area contributed by atoms with Crippen molar-refractivity contribution in [1.29, 1.82) is 10.5 Å². The van der Waals surface area contributed by atoms with Gasteiger partial charge in [0.2, 0.25) is 5.91 Å². The van der Waals surface area contributed by atoms with Crippen LogP contribution in [0.2, 0.25) is 0 Å². The predicted octanol–water partition coefficient (Wildman–Crippen LogP) is 2.56. The molecule has 17 heavy (non-hydrogen) atoms. The van der Waals surface area contributed by atoms with Crippen LogP contribution in [0.15, 0.2) is 24.3 Å². The standard InChI is InChI=1S/C13H13N3O/c1-10(5-7-14)11-3-2-4-12(9-11)16-13(17)6-8-15/h2-4,9-10H,5-6H2,1H3,(H,16,17). The third-order valence-electron chi connectivity index (χ3n) is 2.38. The largest absolute Gasteiger partial charge is 0.325 e. The molecule has 0 saturated heterocycles. The maximum absolute atomic E-state index is 11.2. The molecule has 1 rings (SSSR count). The van der Waals surface area contributed by atoms with Gasteiger partial charge in [-0.1, -0.05) is 19.1 Å². The van der Waals surface area contributed by atoms with Crippen LogP contribution in [0.3, 0.4) is 0 Å². The Labute approximate surface area is 100 Å². The molecular weight excluding hydrogens is 214 g/mol. The van der Waals surface area contributed by atoms with E-state index in [0.29, 0.717) is 12.1 Å². The van der Waals surface area contributed by atoms with Gasteiger partial charge in [-0.25, -0.2) is 0 Å². The molecule has 86 valence electrons. The summed E-state index contributed by atoms with van der Waals surface area (Å²) in [6, 6.07) is 11.2. The average Bonchev–Trinajstić information content (AvgIpc) is 2.30. The van der Waals surface area contributed by atoms with Crippen LogP contribution in [0.5, 0.6) is 0 Å². The molecule has 0 bridgehead atoms. The van der Waals surface area contributed by atoms with Crippen LogP contribution in [-0.2, 0) is 4.79 Å². The number of hydrogen-bond donors (Lipinski definition) is 1. The summed E-state index contributed by atoms with van der Waals surface area (Å²) < 4.78 is 0. The molecule has 1 atom stereocenters. The molecular formula is C13H13N3O. The molecule has 1 aromatic carbocycles. The third-order valence-corrected chi connectivity index (χ3v) is 2.38. The number of nitrogens with zero attached hydrogens (tertiary/aromatic N) is 2. The van der Waals surface area contributed by atoms with Gasteiger partial charge >= 0.3 is 0 Å². The summed E-state index contributed by atoms with van der Waals surface area (Å²) in [6.45, 7) is 1.96. The van der Waals surface area contributed by atoms with Crippen molar-refractivity contribution >= 4 is 11.6 Å². The molecule has 4 heteroatoms. The van der Waals surface area contributed by atoms with Crippen LogP contribution in [0.1, 0.15) is 31.2 Å². The Balaban J connectivity index is 2.77. The highest BCUT2D eigenvalue weighted by atomic mass is 16.1. The summed E-state index contributed by atoms with van der Waals surface area (Å²) in [5, 5.41) is 19.6. The number of anilines is 1. The Kier molecular flexibility index (Phi) is 4.72. The molecule has 0 aliphatic carbocycles. The molecule has 1 unspecified atom stereocenters. The third kappa shape index (κ3) is 3.96. The van der Waals surface area contributed by atoms with Crippen LogP contribution >= 0.6 is 0 Å². The lowest BCUT2D eigenvalue weighted by Crippen LogP contribution is -2.10. The van der Waals surface area contributed by atoms with E-state index in [9.17, 15) is 4.79 Å². The second-order valence-electron chi connectivity index (χ2n) is 3.77. The molecule has 1 amide bonds. The lowest BCUT2D eigenvalue weighted by molar-refractivity contribution is -0.115. The average molecular weight is 227 g/mol. The summed E-state index contributed by atoms with van der Waals surface area (Å²) in [5.74, 6) is -0.189. The van der Waals surface area contributed by atoms with E-state index >= 15 is 0 Å². The minimum atomic E-state index is -0.322. The molecule has 0 heterocycles. The highest BCUT2D eigenvalue weighted by Gasteiger charge is 2.07. The molecule has 0 spiro atoms. The monoisotopic (exact) mass is 227 g/mol. The number of nitrogens with one attached hydrogen (secondary N) is 1. The topological polar surface area (TPSA) is 76.7 Å². The molecule has 0 aromatic heterocycles. The molecule has 0 radical (unpaired) electrons. The van der Waals surface area contributed by atoms with E-state index in [2.05, 4.69) is 11.4 Å². The molecule has 0 fully saturated rings. The van der Waals surface area contributed by atoms with E-state index in [1.165, 1.54) is 0 Å². The van der Waals surface area contributed by atoms with Gasteiger partial charge in [0.05, 0.1) is 12.1 Å². The predicted molar refractivity (Wildman–Crippen MR) is 63.9 cm³/mol. The van der Waals surface area contributed by atoms with Gasteiger partial charge < -0.3 is 5.32 Å². The first kappa shape index (κ1) is 12.7. The van der Waals surface area contributed by atoms with E-state index in [4.69, 9.17) is 10.5 Å². The van der Waals surface area contributed by atoms with Crippen LogP contribution < -0.4 is 5.32 Å². The van der Waals surface area contributed by atoms with Crippen LogP contribution in [-0.4, -0.2) is 5.91 Å². The lowest BCUT2D eigenvalue weighted by atomic mass is 9.98. The van der Waals surface area contributed by atoms with Crippen molar-refractivity contribution < 1.29 is 4.79 Å². The highest BCUT2D eigenvalue weighted by Crippen LogP contribution is 2.21. The Hall–Kier alpha value is -2.33. The van der Waals surface area contributed by atoms with Gasteiger partial charge in [-0.2, -0.15) is 10.5 Å². The quantitative estimate of drug-likeness (QED) is 0.858. The minimum Gasteiger partial charge on any atom is -0.325 e. The second kappa shape index (κ2) is 6.30. The first-order chi connectivity index (χ1) is 8.17. The van der Waals surface area contributed by atoms with E-state index in [1.807, 2.05) is 25.1 Å². The fourth-order valence-corrected chi connectivity index (χ4v) is 1.45. The van der Waals surface area contributed by atoms with Crippen LogP contribution in [0.25, 0.3) is 0 Å². The minimum absolute atomic E-state index is 0.132. The Morgan fingerprint density at radius 1 is 1.41 bits per heavy atom. The molecule has 1 aromatic rings. The summed E-state index contributed by atoms with van der Waals surface area (Å²) in [5.41, 5.74) is 1.66. The molecule has 0 aliphatic rings. The Bertz CT molecular complexity index is 482. The fraction of sp³-hybridized carbons (Fsp3) is 0.308. The summed E-state index contributed by atoms with van der Waals surface area (Å²) >= 11 is 0. The van der Waals surface area contributed by atoms with E-state index in [0.717, 1.165) is 5.56 Å². The lowest BCUT2D eigenvalue weighted by Gasteiger charge is -2.10. The van der Waals surface area contributed by atoms with Gasteiger partial charge in [0.25, 0.3) is 0 Å². The van der Waals surface area contributed by atoms with Crippen LogP contribution in [0.4, 0.5) is 5.69 Å². The first-order valence-corrected chi connectivity index (χ1v) is 5.31. The van der Waals surface area contributed by atoms with Crippen LogP contribution in [0, 0.1) is 22.7 Å². The zero-order valence-electron chi connectivity index (χ0n) is 9.60. The SMILES string of the molecule is CC(CC#N)c1cccc(NC(=O)CC#N)c1. The number of carbonyl (C=O) groups is 1. The number of rotatable bonds is 4. The Morgan fingerprint density at radius 2 is 2.18 bits per heavy atom. The van der Waals surface area contributed by atoms with Gasteiger partial charge in [0, 0.05) is 12.1 Å². The molecule has 4 nitrogen and oxygen atoms in total. The number of nitriles is 2. The van der Waals surface area contributed by atoms with E-state index in [1.54, 1.807) is 12.1 Å². The number of carbonyl (C=O) groups excluding carboxylic acids is 1. The van der Waals surface area contributed by atoms with Gasteiger partial charge in [-0.05, 0) is 23.6 Å². The van der Waals surface area contributed by atoms with Crippen molar-refractivity contribution in [2.24, 2.45) is 0 Å². The van der Waals surface area contributed by atoms with Crippen molar-refractivity contribution in [3.05, 3.63) is 29.8 Å². The summed E-state index contributed by atoms with van der Waals surface area (Å²) in [7, 11) is 0. The molecule has 0 aliphatic heterocycles. The molecule has 1 N–H and O–H groups in total. The number of benzene rings is 1. The van der Waals surface area contributed by atoms with Crippen molar-refractivity contribution in [1.82, 2.24) is 0 Å². The highest BCUT2D eigenvalue weighted by molar-refractivity contribution is 5.92. The second-order valence-corrected chi connectivity index (χ2v) is 3.77. The van der Waals surface area contributed by atoms with Crippen molar-refractivity contribution in [3.8, 4) is 12.1 Å². The van der Waals surface area contributed by atoms with Gasteiger partial charge in [0.15, 0.2) is 0 Å². The summed E-state index contributed by atoms with van der Waals surface area (Å²) in [4.78, 5) is 11.2. The maximum Gasteiger partial charge on any atom is 0.238 e. The first-order valence-electron chi connectivity index (χ1n) is 5.31. The number of hydrogen-bond acceptors (Lipinski definition) is 3. The van der Waals surface area contributed by atoms with Crippen molar-refractivity contribution in [2.75, 3.05) is 5.32 Å².